The van der Waals surface area contributed by atoms with Crippen LogP contribution in [0.25, 0.3) is 0 Å². The highest BCUT2D eigenvalue weighted by Crippen LogP contribution is 2.52. The van der Waals surface area contributed by atoms with Crippen molar-refractivity contribution >= 4 is 55.5 Å². The van der Waals surface area contributed by atoms with E-state index in [1.165, 1.54) is 11.1 Å². The molecule has 0 spiro atoms. The summed E-state index contributed by atoms with van der Waals surface area (Å²) in [5.74, 6) is -3.03. The number of hydrazone groups is 1. The fraction of sp³-hybridized carbons (Fsp3) is 0.333. The Hall–Kier alpha value is -3.93. The molecular formula is C27H25BN4O6S. The molecule has 2 radical (unpaired) electrons. The van der Waals surface area contributed by atoms with E-state index < -0.39 is 40.5 Å². The molecule has 2 aromatic carbocycles. The Kier molecular flexibility index (Phi) is 7.31. The number of thioether (sulfide) groups is 1. The molecule has 2 aromatic rings. The first kappa shape index (κ1) is 26.7. The molecule has 3 fully saturated rings. The lowest BCUT2D eigenvalue weighted by Crippen LogP contribution is -2.65. The number of fused-ring (bicyclic) bond motifs is 1. The third-order valence-corrected chi connectivity index (χ3v) is 8.83. The maximum atomic E-state index is 13.2. The van der Waals surface area contributed by atoms with Gasteiger partial charge in [-0.1, -0.05) is 71.9 Å². The van der Waals surface area contributed by atoms with Gasteiger partial charge in [-0.05, 0) is 18.1 Å². The summed E-state index contributed by atoms with van der Waals surface area (Å²) < 4.78 is 4.56. The number of rotatable bonds is 8. The zero-order chi connectivity index (χ0) is 27.7. The van der Waals surface area contributed by atoms with Crippen LogP contribution >= 0.6 is 11.8 Å². The number of hydrogen-bond donors (Lipinski definition) is 0. The van der Waals surface area contributed by atoms with E-state index in [1.54, 1.807) is 0 Å². The van der Waals surface area contributed by atoms with Crippen LogP contribution in [0.4, 0.5) is 0 Å². The van der Waals surface area contributed by atoms with Crippen molar-refractivity contribution in [2.45, 2.75) is 30.0 Å². The fourth-order valence-electron chi connectivity index (χ4n) is 5.00. The first-order valence-electron chi connectivity index (χ1n) is 12.4. The van der Waals surface area contributed by atoms with E-state index >= 15 is 0 Å². The lowest BCUT2D eigenvalue weighted by molar-refractivity contribution is -0.162. The minimum Gasteiger partial charge on any atom is -0.541 e. The summed E-state index contributed by atoms with van der Waals surface area (Å²) in [7, 11) is 5.24. The van der Waals surface area contributed by atoms with E-state index in [9.17, 15) is 24.0 Å². The van der Waals surface area contributed by atoms with Gasteiger partial charge in [0, 0.05) is 12.8 Å². The van der Waals surface area contributed by atoms with Gasteiger partial charge in [0.05, 0.1) is 24.1 Å². The van der Waals surface area contributed by atoms with Gasteiger partial charge in [0.2, 0.25) is 16.7 Å². The van der Waals surface area contributed by atoms with Crippen LogP contribution in [0.3, 0.4) is 0 Å². The van der Waals surface area contributed by atoms with E-state index in [2.05, 4.69) is 9.76 Å². The first-order chi connectivity index (χ1) is 18.7. The van der Waals surface area contributed by atoms with Gasteiger partial charge in [0.1, 0.15) is 18.9 Å². The molecule has 198 valence electrons. The lowest BCUT2D eigenvalue weighted by atomic mass is 9.90. The van der Waals surface area contributed by atoms with Gasteiger partial charge in [0.25, 0.3) is 5.91 Å². The highest BCUT2D eigenvalue weighted by molar-refractivity contribution is 8.02. The van der Waals surface area contributed by atoms with Crippen molar-refractivity contribution in [2.24, 2.45) is 11.0 Å². The number of amides is 3. The molecule has 0 bridgehead atoms. The predicted octanol–water partition coefficient (Wildman–Crippen LogP) is 1.06. The summed E-state index contributed by atoms with van der Waals surface area (Å²) in [6, 6.07) is 16.7. The number of nitrogens with zero attached hydrogens (tertiary/aromatic N) is 4. The van der Waals surface area contributed by atoms with Crippen molar-refractivity contribution in [1.82, 2.24) is 14.8 Å². The second-order valence-corrected chi connectivity index (χ2v) is 11.2. The van der Waals surface area contributed by atoms with E-state index in [0.717, 1.165) is 38.4 Å². The minimum absolute atomic E-state index is 0.00399. The number of carbonyl (C=O) groups is 5. The molecule has 0 N–H and O–H groups in total. The molecular weight excluding hydrogens is 519 g/mol. The number of hydrogen-bond acceptors (Lipinski definition) is 8. The summed E-state index contributed by atoms with van der Waals surface area (Å²) in [5.41, 5.74) is 2.68. The first-order valence-corrected chi connectivity index (χ1v) is 13.3. The third-order valence-electron chi connectivity index (χ3n) is 7.10. The summed E-state index contributed by atoms with van der Waals surface area (Å²) in [6.07, 6.45) is 1.68. The molecule has 10 nitrogen and oxygen atoms in total. The van der Waals surface area contributed by atoms with Gasteiger partial charge < -0.3 is 14.5 Å². The van der Waals surface area contributed by atoms with E-state index in [0.29, 0.717) is 0 Å². The van der Waals surface area contributed by atoms with Crippen molar-refractivity contribution in [3.8, 4) is 0 Å². The molecule has 3 aliphatic heterocycles. The van der Waals surface area contributed by atoms with Gasteiger partial charge in [-0.25, -0.2) is 5.01 Å². The van der Waals surface area contributed by atoms with Gasteiger partial charge in [-0.15, -0.1) is 0 Å². The maximum absolute atomic E-state index is 13.2. The van der Waals surface area contributed by atoms with Crippen molar-refractivity contribution in [1.29, 1.82) is 0 Å². The van der Waals surface area contributed by atoms with Crippen LogP contribution in [0.1, 0.15) is 23.1 Å². The molecule has 1 unspecified atom stereocenters. The van der Waals surface area contributed by atoms with Crippen LogP contribution in [0.15, 0.2) is 59.7 Å². The van der Waals surface area contributed by atoms with E-state index in [1.807, 2.05) is 61.5 Å². The Morgan fingerprint density at radius 3 is 2.49 bits per heavy atom. The molecule has 0 saturated carbocycles. The number of β-lactam (4-membered cyclic amide) rings is 1. The zero-order valence-corrected chi connectivity index (χ0v) is 22.0. The summed E-state index contributed by atoms with van der Waals surface area (Å²) in [5, 5.41) is 4.67. The molecule has 3 aliphatic rings. The standard InChI is InChI=1S/C27H25BN4O6S/c1-17-7-9-19(10-8-17)13-29-32-15-22(34)31(14-23(32)35)27(26(37)38-28)16-30-24(36)21(25(30)39-27)12-20(33)11-18-5-3-2-4-6-18/h2-10,13,21,25H,11-12,14-16H2,1H3/b29-13+/t21?,25-,27-/m1/s1. The number of carbonyl (C=O) groups excluding carboxylic acids is 5. The number of ketones is 1. The van der Waals surface area contributed by atoms with Crippen LogP contribution in [0.2, 0.25) is 0 Å². The van der Waals surface area contributed by atoms with Crippen LogP contribution in [-0.2, 0) is 35.0 Å². The molecule has 12 heteroatoms. The summed E-state index contributed by atoms with van der Waals surface area (Å²) in [4.78, 5) is 65.6. The molecule has 3 amide bonds. The van der Waals surface area contributed by atoms with Crippen LogP contribution in [0.5, 0.6) is 0 Å². The monoisotopic (exact) mass is 544 g/mol. The summed E-state index contributed by atoms with van der Waals surface area (Å²) >= 11 is 1.02. The van der Waals surface area contributed by atoms with Gasteiger partial charge in [-0.2, -0.15) is 5.10 Å². The van der Waals surface area contributed by atoms with Gasteiger partial charge in [-0.3, -0.25) is 24.0 Å². The average Bonchev–Trinajstić information content (AvgIpc) is 3.30. The summed E-state index contributed by atoms with van der Waals surface area (Å²) in [6.45, 7) is 0.927. The Morgan fingerprint density at radius 2 is 1.79 bits per heavy atom. The van der Waals surface area contributed by atoms with Crippen LogP contribution in [-0.4, -0.2) is 88.4 Å². The smallest absolute Gasteiger partial charge is 0.378 e. The largest absolute Gasteiger partial charge is 0.541 e. The van der Waals surface area contributed by atoms with Crippen LogP contribution in [0, 0.1) is 12.8 Å². The zero-order valence-electron chi connectivity index (χ0n) is 21.2. The van der Waals surface area contributed by atoms with Crippen molar-refractivity contribution in [3.05, 3.63) is 71.3 Å². The maximum Gasteiger partial charge on any atom is 0.378 e. The quantitative estimate of drug-likeness (QED) is 0.277. The van der Waals surface area contributed by atoms with E-state index in [-0.39, 0.29) is 37.6 Å². The molecule has 3 heterocycles. The number of benzene rings is 2. The average molecular weight is 544 g/mol. The molecule has 5 rings (SSSR count). The van der Waals surface area contributed by atoms with Crippen molar-refractivity contribution in [3.63, 3.8) is 0 Å². The van der Waals surface area contributed by atoms with Gasteiger partial charge >= 0.3 is 14.0 Å². The normalized spacial score (nSPS) is 24.6. The fourth-order valence-corrected chi connectivity index (χ4v) is 6.73. The second kappa shape index (κ2) is 10.7. The second-order valence-electron chi connectivity index (χ2n) is 9.76. The highest BCUT2D eigenvalue weighted by Gasteiger charge is 2.65. The highest BCUT2D eigenvalue weighted by atomic mass is 32.2. The number of piperazine rings is 1. The van der Waals surface area contributed by atoms with Gasteiger partial charge in [0.15, 0.2) is 0 Å². The van der Waals surface area contributed by atoms with E-state index in [4.69, 9.17) is 8.05 Å². The molecule has 3 atom stereocenters. The number of Topliss-reactive ketones (excluding diaryl/α,β-unsaturated/α-hetero) is 1. The van der Waals surface area contributed by atoms with Crippen molar-refractivity contribution in [2.75, 3.05) is 19.6 Å². The Bertz CT molecular complexity index is 1350. The molecule has 3 saturated heterocycles. The molecule has 0 aromatic heterocycles. The number of aryl methyl sites for hydroxylation is 1. The molecule has 0 aliphatic carbocycles. The SMILES string of the molecule is [B]OC(=O)[C@@]1(N2CC(=O)N(/N=C/c3ccc(C)cc3)CC2=O)CN2C(=O)C(CC(=O)Cc3ccccc3)[C@H]2S1. The van der Waals surface area contributed by atoms with Crippen molar-refractivity contribution < 1.29 is 28.6 Å². The lowest BCUT2D eigenvalue weighted by Gasteiger charge is -2.41. The minimum atomic E-state index is -1.70. The Balaban J connectivity index is 1.29. The topological polar surface area (TPSA) is 117 Å². The predicted molar refractivity (Wildman–Crippen MR) is 143 cm³/mol. The Labute approximate surface area is 230 Å². The Morgan fingerprint density at radius 1 is 1.08 bits per heavy atom. The molecule has 39 heavy (non-hydrogen) atoms. The van der Waals surface area contributed by atoms with Crippen LogP contribution < -0.4 is 0 Å². The third kappa shape index (κ3) is 5.08.